The molecule has 1 spiro atoms. The fraction of sp³-hybridized carbons (Fsp3) is 0.810. The van der Waals surface area contributed by atoms with Gasteiger partial charge in [-0.15, -0.1) is 0 Å². The van der Waals surface area contributed by atoms with Crippen molar-refractivity contribution in [2.75, 3.05) is 13.1 Å². The number of rotatable bonds is 4. The summed E-state index contributed by atoms with van der Waals surface area (Å²) in [5.74, 6) is 0.675. The van der Waals surface area contributed by atoms with E-state index in [2.05, 4.69) is 17.5 Å². The smallest absolute Gasteiger partial charge is 0.244 e. The highest BCUT2D eigenvalue weighted by molar-refractivity contribution is 5.87. The van der Waals surface area contributed by atoms with Crippen LogP contribution in [0.5, 0.6) is 0 Å². The monoisotopic (exact) mass is 346 g/mol. The van der Waals surface area contributed by atoms with Crippen LogP contribution < -0.4 is 5.32 Å². The Morgan fingerprint density at radius 3 is 2.68 bits per heavy atom. The molecule has 2 fully saturated rings. The van der Waals surface area contributed by atoms with Gasteiger partial charge in [-0.05, 0) is 63.2 Å². The Morgan fingerprint density at radius 1 is 1.16 bits per heavy atom. The fourth-order valence-electron chi connectivity index (χ4n) is 5.00. The van der Waals surface area contributed by atoms with Gasteiger partial charge in [-0.1, -0.05) is 31.4 Å². The molecule has 0 bridgehead atoms. The number of nitrogens with zero attached hydrogens (tertiary/aromatic N) is 1. The minimum Gasteiger partial charge on any atom is -0.345 e. The maximum absolute atomic E-state index is 12.8. The van der Waals surface area contributed by atoms with Gasteiger partial charge in [0.15, 0.2) is 0 Å². The molecule has 3 aliphatic rings. The SMILES string of the molecule is CC(NC(=O)CC1CCCCC1)C(=O)N1CCCC2(CC=CCC2)C1. The first-order valence-electron chi connectivity index (χ1n) is 10.3. The molecule has 4 heteroatoms. The molecule has 1 aliphatic heterocycles. The maximum Gasteiger partial charge on any atom is 0.244 e. The molecule has 3 rings (SSSR count). The van der Waals surface area contributed by atoms with Gasteiger partial charge in [-0.2, -0.15) is 0 Å². The number of nitrogens with one attached hydrogen (secondary N) is 1. The minimum atomic E-state index is -0.398. The molecule has 2 atom stereocenters. The second-order valence-corrected chi connectivity index (χ2v) is 8.57. The Kier molecular flexibility index (Phi) is 6.19. The standard InChI is InChI=1S/C21H34N2O2/c1-17(22-19(24)15-18-9-4-2-5-10-18)20(25)23-14-8-13-21(16-23)11-6-3-7-12-21/h3,6,17-18H,2,4-5,7-16H2,1H3,(H,22,24). The molecule has 0 radical (unpaired) electrons. The van der Waals surface area contributed by atoms with Crippen LogP contribution in [-0.4, -0.2) is 35.8 Å². The Bertz CT molecular complexity index is 510. The molecule has 2 unspecified atom stereocenters. The van der Waals surface area contributed by atoms with Gasteiger partial charge in [0.1, 0.15) is 6.04 Å². The van der Waals surface area contributed by atoms with Crippen LogP contribution in [0.15, 0.2) is 12.2 Å². The lowest BCUT2D eigenvalue weighted by molar-refractivity contribution is -0.139. The van der Waals surface area contributed by atoms with E-state index in [1.807, 2.05) is 11.8 Å². The van der Waals surface area contributed by atoms with Crippen molar-refractivity contribution in [3.8, 4) is 0 Å². The number of likely N-dealkylation sites (tertiary alicyclic amines) is 1. The largest absolute Gasteiger partial charge is 0.345 e. The van der Waals surface area contributed by atoms with Crippen LogP contribution in [0, 0.1) is 11.3 Å². The van der Waals surface area contributed by atoms with E-state index >= 15 is 0 Å². The van der Waals surface area contributed by atoms with Crippen LogP contribution in [0.4, 0.5) is 0 Å². The molecule has 2 amide bonds. The van der Waals surface area contributed by atoms with Crippen molar-refractivity contribution < 1.29 is 9.59 Å². The molecule has 4 nitrogen and oxygen atoms in total. The molecular weight excluding hydrogens is 312 g/mol. The summed E-state index contributed by atoms with van der Waals surface area (Å²) in [4.78, 5) is 27.2. The molecule has 1 saturated heterocycles. The Morgan fingerprint density at radius 2 is 1.96 bits per heavy atom. The second-order valence-electron chi connectivity index (χ2n) is 8.57. The third kappa shape index (κ3) is 4.86. The van der Waals surface area contributed by atoms with Crippen molar-refractivity contribution in [2.45, 2.75) is 83.6 Å². The lowest BCUT2D eigenvalue weighted by atomic mass is 9.71. The zero-order valence-corrected chi connectivity index (χ0v) is 15.8. The van der Waals surface area contributed by atoms with Gasteiger partial charge < -0.3 is 10.2 Å². The lowest BCUT2D eigenvalue weighted by Crippen LogP contribution is -2.53. The van der Waals surface area contributed by atoms with Crippen LogP contribution in [-0.2, 0) is 9.59 Å². The van der Waals surface area contributed by atoms with Gasteiger partial charge >= 0.3 is 0 Å². The highest BCUT2D eigenvalue weighted by Crippen LogP contribution is 2.40. The zero-order chi connectivity index (χ0) is 17.7. The molecule has 2 aliphatic carbocycles. The van der Waals surface area contributed by atoms with Crippen LogP contribution in [0.25, 0.3) is 0 Å². The number of allylic oxidation sites excluding steroid dienone is 2. The van der Waals surface area contributed by atoms with E-state index in [0.717, 1.165) is 45.2 Å². The van der Waals surface area contributed by atoms with Gasteiger partial charge in [0.2, 0.25) is 11.8 Å². The van der Waals surface area contributed by atoms with E-state index in [0.29, 0.717) is 12.3 Å². The van der Waals surface area contributed by atoms with E-state index in [1.165, 1.54) is 32.1 Å². The van der Waals surface area contributed by atoms with E-state index in [-0.39, 0.29) is 17.2 Å². The quantitative estimate of drug-likeness (QED) is 0.787. The number of piperidine rings is 1. The van der Waals surface area contributed by atoms with Crippen molar-refractivity contribution in [2.24, 2.45) is 11.3 Å². The average molecular weight is 347 g/mol. The third-order valence-electron chi connectivity index (χ3n) is 6.48. The summed E-state index contributed by atoms with van der Waals surface area (Å²) in [5.41, 5.74) is 0.286. The zero-order valence-electron chi connectivity index (χ0n) is 15.8. The predicted molar refractivity (Wildman–Crippen MR) is 100 cm³/mol. The molecule has 25 heavy (non-hydrogen) atoms. The number of hydrogen-bond acceptors (Lipinski definition) is 2. The average Bonchev–Trinajstić information content (AvgIpc) is 2.62. The Hall–Kier alpha value is -1.32. The molecule has 140 valence electrons. The van der Waals surface area contributed by atoms with E-state index < -0.39 is 6.04 Å². The normalized spacial score (nSPS) is 28.8. The van der Waals surface area contributed by atoms with E-state index in [1.54, 1.807) is 0 Å². The molecule has 0 aromatic carbocycles. The first kappa shape index (κ1) is 18.5. The molecule has 1 heterocycles. The highest BCUT2D eigenvalue weighted by Gasteiger charge is 2.37. The van der Waals surface area contributed by atoms with Crippen LogP contribution >= 0.6 is 0 Å². The van der Waals surface area contributed by atoms with E-state index in [9.17, 15) is 9.59 Å². The van der Waals surface area contributed by atoms with Gasteiger partial charge in [-0.25, -0.2) is 0 Å². The first-order valence-corrected chi connectivity index (χ1v) is 10.3. The summed E-state index contributed by atoms with van der Waals surface area (Å²) in [5, 5.41) is 2.97. The van der Waals surface area contributed by atoms with Gasteiger partial charge in [0.05, 0.1) is 0 Å². The van der Waals surface area contributed by atoms with Crippen molar-refractivity contribution >= 4 is 11.8 Å². The Labute approximate surface area is 152 Å². The van der Waals surface area contributed by atoms with Crippen molar-refractivity contribution in [1.29, 1.82) is 0 Å². The highest BCUT2D eigenvalue weighted by atomic mass is 16.2. The van der Waals surface area contributed by atoms with Crippen LogP contribution in [0.3, 0.4) is 0 Å². The number of carbonyl (C=O) groups excluding carboxylic acids is 2. The van der Waals surface area contributed by atoms with Gasteiger partial charge in [0, 0.05) is 19.5 Å². The fourth-order valence-corrected chi connectivity index (χ4v) is 5.00. The molecule has 0 aromatic rings. The van der Waals surface area contributed by atoms with Crippen molar-refractivity contribution in [3.63, 3.8) is 0 Å². The number of carbonyl (C=O) groups is 2. The number of hydrogen-bond donors (Lipinski definition) is 1. The summed E-state index contributed by atoms with van der Waals surface area (Å²) in [6, 6.07) is -0.398. The molecule has 0 aromatic heterocycles. The summed E-state index contributed by atoms with van der Waals surface area (Å²) in [7, 11) is 0. The Balaban J connectivity index is 1.49. The summed E-state index contributed by atoms with van der Waals surface area (Å²) in [6.07, 6.45) is 17.0. The third-order valence-corrected chi connectivity index (χ3v) is 6.48. The van der Waals surface area contributed by atoms with Crippen molar-refractivity contribution in [3.05, 3.63) is 12.2 Å². The number of amides is 2. The minimum absolute atomic E-state index is 0.0556. The van der Waals surface area contributed by atoms with Gasteiger partial charge in [-0.3, -0.25) is 9.59 Å². The topological polar surface area (TPSA) is 49.4 Å². The van der Waals surface area contributed by atoms with Gasteiger partial charge in [0.25, 0.3) is 0 Å². The summed E-state index contributed by atoms with van der Waals surface area (Å²) in [6.45, 7) is 3.55. The maximum atomic E-state index is 12.8. The summed E-state index contributed by atoms with van der Waals surface area (Å²) >= 11 is 0. The second kappa shape index (κ2) is 8.37. The van der Waals surface area contributed by atoms with E-state index in [4.69, 9.17) is 0 Å². The first-order chi connectivity index (χ1) is 12.1. The molecular formula is C21H34N2O2. The van der Waals surface area contributed by atoms with Crippen LogP contribution in [0.1, 0.15) is 77.6 Å². The predicted octanol–water partition coefficient (Wildman–Crippen LogP) is 3.81. The molecule has 1 saturated carbocycles. The lowest BCUT2D eigenvalue weighted by Gasteiger charge is -2.44. The molecule has 1 N–H and O–H groups in total. The van der Waals surface area contributed by atoms with Crippen molar-refractivity contribution in [1.82, 2.24) is 10.2 Å². The summed E-state index contributed by atoms with van der Waals surface area (Å²) < 4.78 is 0. The van der Waals surface area contributed by atoms with Crippen LogP contribution in [0.2, 0.25) is 0 Å².